The van der Waals surface area contributed by atoms with Gasteiger partial charge in [0.05, 0.1) is 6.54 Å². The second-order valence-electron chi connectivity index (χ2n) is 6.99. The molecule has 0 aromatic heterocycles. The van der Waals surface area contributed by atoms with E-state index < -0.39 is 0 Å². The minimum atomic E-state index is -0.321. The van der Waals surface area contributed by atoms with E-state index in [4.69, 9.17) is 0 Å². The molecule has 3 rings (SSSR count). The normalized spacial score (nSPS) is 19.6. The van der Waals surface area contributed by atoms with Crippen LogP contribution in [0.5, 0.6) is 0 Å². The van der Waals surface area contributed by atoms with Gasteiger partial charge in [-0.3, -0.25) is 14.5 Å². The van der Waals surface area contributed by atoms with E-state index in [1.54, 1.807) is 12.1 Å². The minimum absolute atomic E-state index is 0.104. The number of carbonyl (C=O) groups is 2. The van der Waals surface area contributed by atoms with E-state index in [1.165, 1.54) is 18.6 Å². The summed E-state index contributed by atoms with van der Waals surface area (Å²) in [4.78, 5) is 28.8. The van der Waals surface area contributed by atoms with E-state index in [-0.39, 0.29) is 17.6 Å². The third-order valence-corrected chi connectivity index (χ3v) is 5.10. The van der Waals surface area contributed by atoms with Crippen molar-refractivity contribution in [3.8, 4) is 0 Å². The van der Waals surface area contributed by atoms with Crippen LogP contribution >= 0.6 is 0 Å². The number of amides is 2. The molecule has 2 aliphatic rings. The van der Waals surface area contributed by atoms with E-state index in [9.17, 15) is 14.0 Å². The molecule has 2 amide bonds. The van der Waals surface area contributed by atoms with Crippen molar-refractivity contribution in [3.63, 3.8) is 0 Å². The second kappa shape index (κ2) is 8.43. The van der Waals surface area contributed by atoms with E-state index >= 15 is 0 Å². The number of piperidine rings is 2. The molecular weight excluding hydrogens is 321 g/mol. The lowest BCUT2D eigenvalue weighted by Gasteiger charge is -2.35. The molecular formula is C19H26FN3O2. The first-order chi connectivity index (χ1) is 12.1. The Bertz CT molecular complexity index is 591. The van der Waals surface area contributed by atoms with Crippen molar-refractivity contribution in [2.75, 3.05) is 38.0 Å². The lowest BCUT2D eigenvalue weighted by atomic mass is 9.94. The van der Waals surface area contributed by atoms with Gasteiger partial charge in [-0.1, -0.05) is 0 Å². The number of halogens is 1. The largest absolute Gasteiger partial charge is 0.342 e. The second-order valence-corrected chi connectivity index (χ2v) is 6.99. The third-order valence-electron chi connectivity index (χ3n) is 5.10. The predicted octanol–water partition coefficient (Wildman–Crippen LogP) is 2.49. The molecule has 0 unspecified atom stereocenters. The Morgan fingerprint density at radius 2 is 1.64 bits per heavy atom. The Morgan fingerprint density at radius 3 is 2.28 bits per heavy atom. The molecule has 0 saturated carbocycles. The summed E-state index contributed by atoms with van der Waals surface area (Å²) in [5, 5.41) is 2.78. The summed E-state index contributed by atoms with van der Waals surface area (Å²) in [5.74, 6) is -0.0181. The van der Waals surface area contributed by atoms with Crippen molar-refractivity contribution in [1.29, 1.82) is 0 Å². The molecule has 2 heterocycles. The highest BCUT2D eigenvalue weighted by molar-refractivity contribution is 5.92. The Kier molecular flexibility index (Phi) is 6.02. The topological polar surface area (TPSA) is 52.7 Å². The molecule has 2 saturated heterocycles. The van der Waals surface area contributed by atoms with E-state index in [2.05, 4.69) is 10.2 Å². The Hall–Kier alpha value is -1.95. The lowest BCUT2D eigenvalue weighted by molar-refractivity contribution is -0.138. The molecule has 1 N–H and O–H groups in total. The smallest absolute Gasteiger partial charge is 0.238 e. The van der Waals surface area contributed by atoms with Gasteiger partial charge in [0.15, 0.2) is 0 Å². The molecule has 0 atom stereocenters. The molecule has 0 aliphatic carbocycles. The summed E-state index contributed by atoms with van der Waals surface area (Å²) >= 11 is 0. The summed E-state index contributed by atoms with van der Waals surface area (Å²) in [6, 6.07) is 5.76. The Balaban J connectivity index is 1.41. The summed E-state index contributed by atoms with van der Waals surface area (Å²) < 4.78 is 12.9. The summed E-state index contributed by atoms with van der Waals surface area (Å²) in [6.45, 7) is 3.64. The molecule has 25 heavy (non-hydrogen) atoms. The van der Waals surface area contributed by atoms with Crippen LogP contribution in [0.1, 0.15) is 32.1 Å². The van der Waals surface area contributed by atoms with Crippen molar-refractivity contribution >= 4 is 17.5 Å². The molecule has 5 nitrogen and oxygen atoms in total. The number of benzene rings is 1. The summed E-state index contributed by atoms with van der Waals surface area (Å²) in [6.07, 6.45) is 5.10. The SMILES string of the molecule is O=C(CN1CCC(C(=O)N2CCCCC2)CC1)Nc1ccc(F)cc1. The Morgan fingerprint density at radius 1 is 1.00 bits per heavy atom. The maximum atomic E-state index is 12.9. The molecule has 0 bridgehead atoms. The summed E-state index contributed by atoms with van der Waals surface area (Å²) in [5.41, 5.74) is 0.599. The molecule has 136 valence electrons. The zero-order valence-electron chi connectivity index (χ0n) is 14.5. The van der Waals surface area contributed by atoms with Crippen molar-refractivity contribution in [2.45, 2.75) is 32.1 Å². The molecule has 0 spiro atoms. The minimum Gasteiger partial charge on any atom is -0.342 e. The molecule has 1 aromatic rings. The maximum absolute atomic E-state index is 12.9. The first-order valence-corrected chi connectivity index (χ1v) is 9.18. The third kappa shape index (κ3) is 5.01. The monoisotopic (exact) mass is 347 g/mol. The average Bonchev–Trinajstić information content (AvgIpc) is 2.64. The van der Waals surface area contributed by atoms with Crippen molar-refractivity contribution < 1.29 is 14.0 Å². The highest BCUT2D eigenvalue weighted by Gasteiger charge is 2.29. The first kappa shape index (κ1) is 17.9. The van der Waals surface area contributed by atoms with Gasteiger partial charge in [-0.25, -0.2) is 4.39 Å². The quantitative estimate of drug-likeness (QED) is 0.910. The number of hydrogen-bond donors (Lipinski definition) is 1. The van der Waals surface area contributed by atoms with Crippen LogP contribution in [0.2, 0.25) is 0 Å². The van der Waals surface area contributed by atoms with Crippen LogP contribution in [0.15, 0.2) is 24.3 Å². The fourth-order valence-electron chi connectivity index (χ4n) is 3.65. The van der Waals surface area contributed by atoms with Gasteiger partial charge in [-0.15, -0.1) is 0 Å². The van der Waals surface area contributed by atoms with Gasteiger partial charge in [0, 0.05) is 24.7 Å². The molecule has 1 aromatic carbocycles. The fourth-order valence-corrected chi connectivity index (χ4v) is 3.65. The highest BCUT2D eigenvalue weighted by atomic mass is 19.1. The number of nitrogens with one attached hydrogen (secondary N) is 1. The van der Waals surface area contributed by atoms with Crippen LogP contribution in [0, 0.1) is 11.7 Å². The van der Waals surface area contributed by atoms with Crippen molar-refractivity contribution in [3.05, 3.63) is 30.1 Å². The van der Waals surface area contributed by atoms with Crippen LogP contribution < -0.4 is 5.32 Å². The zero-order valence-corrected chi connectivity index (χ0v) is 14.5. The number of rotatable bonds is 4. The van der Waals surface area contributed by atoms with Gasteiger partial charge in [0.2, 0.25) is 11.8 Å². The number of carbonyl (C=O) groups excluding carboxylic acids is 2. The zero-order chi connectivity index (χ0) is 17.6. The standard InChI is InChI=1S/C19H26FN3O2/c20-16-4-6-17(7-5-16)21-18(24)14-22-12-8-15(9-13-22)19(25)23-10-2-1-3-11-23/h4-7,15H,1-3,8-14H2,(H,21,24). The van der Waals surface area contributed by atoms with E-state index in [0.29, 0.717) is 18.1 Å². The van der Waals surface area contributed by atoms with E-state index in [0.717, 1.165) is 51.9 Å². The number of likely N-dealkylation sites (tertiary alicyclic amines) is 2. The van der Waals surface area contributed by atoms with Crippen LogP contribution in [0.25, 0.3) is 0 Å². The number of anilines is 1. The van der Waals surface area contributed by atoms with Gasteiger partial charge < -0.3 is 10.2 Å². The van der Waals surface area contributed by atoms with Crippen molar-refractivity contribution in [2.24, 2.45) is 5.92 Å². The molecule has 2 aliphatic heterocycles. The van der Waals surface area contributed by atoms with Gasteiger partial charge in [0.1, 0.15) is 5.82 Å². The first-order valence-electron chi connectivity index (χ1n) is 9.18. The highest BCUT2D eigenvalue weighted by Crippen LogP contribution is 2.22. The average molecular weight is 347 g/mol. The van der Waals surface area contributed by atoms with Crippen LogP contribution in [0.4, 0.5) is 10.1 Å². The Labute approximate surface area is 148 Å². The predicted molar refractivity (Wildman–Crippen MR) is 94.6 cm³/mol. The van der Waals surface area contributed by atoms with Gasteiger partial charge in [0.25, 0.3) is 0 Å². The van der Waals surface area contributed by atoms with Gasteiger partial charge in [-0.05, 0) is 69.5 Å². The van der Waals surface area contributed by atoms with Crippen LogP contribution in [0.3, 0.4) is 0 Å². The van der Waals surface area contributed by atoms with E-state index in [1.807, 2.05) is 4.90 Å². The molecule has 6 heteroatoms. The van der Waals surface area contributed by atoms with Gasteiger partial charge >= 0.3 is 0 Å². The summed E-state index contributed by atoms with van der Waals surface area (Å²) in [7, 11) is 0. The number of hydrogen-bond acceptors (Lipinski definition) is 3. The van der Waals surface area contributed by atoms with Crippen LogP contribution in [-0.2, 0) is 9.59 Å². The maximum Gasteiger partial charge on any atom is 0.238 e. The molecule has 2 fully saturated rings. The lowest BCUT2D eigenvalue weighted by Crippen LogP contribution is -2.45. The van der Waals surface area contributed by atoms with Gasteiger partial charge in [-0.2, -0.15) is 0 Å². The van der Waals surface area contributed by atoms with Crippen molar-refractivity contribution in [1.82, 2.24) is 9.80 Å². The molecule has 0 radical (unpaired) electrons. The number of nitrogens with zero attached hydrogens (tertiary/aromatic N) is 2. The van der Waals surface area contributed by atoms with Crippen LogP contribution in [-0.4, -0.2) is 54.3 Å². The fraction of sp³-hybridized carbons (Fsp3) is 0.579.